The molecule has 0 saturated carbocycles. The molecule has 0 atom stereocenters. The molecular formula is C9H8BrClN2S. The number of hydrogen-bond donors (Lipinski definition) is 0. The van der Waals surface area contributed by atoms with Crippen molar-refractivity contribution in [3.8, 4) is 10.7 Å². The molecule has 0 aliphatic heterocycles. The topological polar surface area (TPSA) is 17.8 Å². The van der Waals surface area contributed by atoms with Crippen LogP contribution in [0.25, 0.3) is 10.7 Å². The lowest BCUT2D eigenvalue weighted by Gasteiger charge is -2.03. The molecule has 5 heteroatoms. The van der Waals surface area contributed by atoms with Gasteiger partial charge in [0.1, 0.15) is 4.60 Å². The zero-order valence-corrected chi connectivity index (χ0v) is 10.7. The number of nitrogens with zero attached hydrogens (tertiary/aromatic N) is 2. The predicted octanol–water partition coefficient (Wildman–Crippen LogP) is 4.05. The summed E-state index contributed by atoms with van der Waals surface area (Å²) in [6.07, 6.45) is 1.81. The van der Waals surface area contributed by atoms with Crippen molar-refractivity contribution in [1.82, 2.24) is 9.55 Å². The molecule has 0 fully saturated rings. The standard InChI is InChI=1S/C9H8BrClN2S/c1-2-13-7(10)5-12-9(13)6-3-4-8(11)14-6/h3-5H,2H2,1H3. The molecule has 14 heavy (non-hydrogen) atoms. The van der Waals surface area contributed by atoms with Gasteiger partial charge in [-0.3, -0.25) is 0 Å². The second-order valence-electron chi connectivity index (χ2n) is 2.75. The average molecular weight is 292 g/mol. The first-order chi connectivity index (χ1) is 6.72. The molecule has 74 valence electrons. The number of imidazole rings is 1. The van der Waals surface area contributed by atoms with Gasteiger partial charge in [0.15, 0.2) is 5.82 Å². The van der Waals surface area contributed by atoms with Crippen LogP contribution in [0.3, 0.4) is 0 Å². The molecule has 0 unspecified atom stereocenters. The second kappa shape index (κ2) is 4.04. The number of thiophene rings is 1. The van der Waals surface area contributed by atoms with Crippen molar-refractivity contribution in [2.24, 2.45) is 0 Å². The Morgan fingerprint density at radius 3 is 2.93 bits per heavy atom. The Bertz CT molecular complexity index is 449. The minimum atomic E-state index is 0.793. The fraction of sp³-hybridized carbons (Fsp3) is 0.222. The van der Waals surface area contributed by atoms with E-state index in [-0.39, 0.29) is 0 Å². The third-order valence-corrected chi connectivity index (χ3v) is 3.78. The molecule has 0 aliphatic rings. The van der Waals surface area contributed by atoms with E-state index < -0.39 is 0 Å². The molecule has 0 radical (unpaired) electrons. The van der Waals surface area contributed by atoms with E-state index in [1.807, 2.05) is 18.3 Å². The van der Waals surface area contributed by atoms with E-state index in [2.05, 4.69) is 32.4 Å². The molecule has 0 spiro atoms. The summed E-state index contributed by atoms with van der Waals surface area (Å²) in [6, 6.07) is 3.89. The van der Waals surface area contributed by atoms with E-state index in [9.17, 15) is 0 Å². The van der Waals surface area contributed by atoms with Crippen LogP contribution in [0.4, 0.5) is 0 Å². The minimum Gasteiger partial charge on any atom is -0.318 e. The SMILES string of the molecule is CCn1c(Br)cnc1-c1ccc(Cl)s1. The smallest absolute Gasteiger partial charge is 0.150 e. The third kappa shape index (κ3) is 1.74. The van der Waals surface area contributed by atoms with Crippen LogP contribution in [0.15, 0.2) is 22.9 Å². The molecule has 0 N–H and O–H groups in total. The van der Waals surface area contributed by atoms with Crippen molar-refractivity contribution in [2.45, 2.75) is 13.5 Å². The van der Waals surface area contributed by atoms with Crippen LogP contribution in [-0.2, 0) is 6.54 Å². The lowest BCUT2D eigenvalue weighted by Crippen LogP contribution is -1.96. The highest BCUT2D eigenvalue weighted by molar-refractivity contribution is 9.10. The summed E-state index contributed by atoms with van der Waals surface area (Å²) in [5, 5.41) is 0. The fourth-order valence-electron chi connectivity index (χ4n) is 1.29. The normalized spacial score (nSPS) is 10.8. The Kier molecular flexibility index (Phi) is 2.95. The van der Waals surface area contributed by atoms with Gasteiger partial charge in [0.05, 0.1) is 15.4 Å². The predicted molar refractivity (Wildman–Crippen MR) is 63.9 cm³/mol. The largest absolute Gasteiger partial charge is 0.318 e. The van der Waals surface area contributed by atoms with Crippen LogP contribution in [0, 0.1) is 0 Å². The summed E-state index contributed by atoms with van der Waals surface area (Å²) in [4.78, 5) is 5.44. The van der Waals surface area contributed by atoms with Crippen molar-refractivity contribution >= 4 is 38.9 Å². The highest BCUT2D eigenvalue weighted by Crippen LogP contribution is 2.31. The van der Waals surface area contributed by atoms with Gasteiger partial charge in [-0.2, -0.15) is 0 Å². The molecule has 0 amide bonds. The fourth-order valence-corrected chi connectivity index (χ4v) is 2.86. The van der Waals surface area contributed by atoms with Crippen LogP contribution < -0.4 is 0 Å². The Morgan fingerprint density at radius 2 is 2.36 bits per heavy atom. The maximum atomic E-state index is 5.88. The van der Waals surface area contributed by atoms with E-state index in [1.54, 1.807) is 11.3 Å². The van der Waals surface area contributed by atoms with E-state index in [0.717, 1.165) is 26.2 Å². The summed E-state index contributed by atoms with van der Waals surface area (Å²) in [5.41, 5.74) is 0. The van der Waals surface area contributed by atoms with E-state index in [0.29, 0.717) is 0 Å². The third-order valence-electron chi connectivity index (χ3n) is 1.92. The van der Waals surface area contributed by atoms with Gasteiger partial charge in [0.2, 0.25) is 0 Å². The van der Waals surface area contributed by atoms with Crippen LogP contribution in [0.2, 0.25) is 4.34 Å². The summed E-state index contributed by atoms with van der Waals surface area (Å²) >= 11 is 10.9. The van der Waals surface area contributed by atoms with Gasteiger partial charge in [-0.05, 0) is 35.0 Å². The van der Waals surface area contributed by atoms with Crippen LogP contribution in [0.1, 0.15) is 6.92 Å². The Labute approximate surface area is 99.7 Å². The monoisotopic (exact) mass is 290 g/mol. The molecule has 0 aliphatic carbocycles. The minimum absolute atomic E-state index is 0.793. The van der Waals surface area contributed by atoms with Gasteiger partial charge < -0.3 is 4.57 Å². The average Bonchev–Trinajstić information content (AvgIpc) is 2.71. The Hall–Kier alpha value is -0.320. The second-order valence-corrected chi connectivity index (χ2v) is 5.28. The molecule has 0 saturated heterocycles. The summed E-state index contributed by atoms with van der Waals surface area (Å²) in [6.45, 7) is 2.98. The van der Waals surface area contributed by atoms with Crippen molar-refractivity contribution in [1.29, 1.82) is 0 Å². The van der Waals surface area contributed by atoms with Gasteiger partial charge in [-0.1, -0.05) is 11.6 Å². The molecule has 2 heterocycles. The maximum Gasteiger partial charge on any atom is 0.150 e. The van der Waals surface area contributed by atoms with Crippen molar-refractivity contribution in [2.75, 3.05) is 0 Å². The lowest BCUT2D eigenvalue weighted by atomic mass is 10.4. The Balaban J connectivity index is 2.51. The van der Waals surface area contributed by atoms with E-state index >= 15 is 0 Å². The van der Waals surface area contributed by atoms with Crippen molar-refractivity contribution in [3.63, 3.8) is 0 Å². The maximum absolute atomic E-state index is 5.88. The van der Waals surface area contributed by atoms with Gasteiger partial charge in [0, 0.05) is 6.54 Å². The first-order valence-electron chi connectivity index (χ1n) is 4.19. The van der Waals surface area contributed by atoms with E-state index in [4.69, 9.17) is 11.6 Å². The van der Waals surface area contributed by atoms with Crippen LogP contribution >= 0.6 is 38.9 Å². The van der Waals surface area contributed by atoms with Gasteiger partial charge in [0.25, 0.3) is 0 Å². The van der Waals surface area contributed by atoms with E-state index in [1.165, 1.54) is 0 Å². The summed E-state index contributed by atoms with van der Waals surface area (Å²) < 4.78 is 3.89. The zero-order chi connectivity index (χ0) is 10.1. The van der Waals surface area contributed by atoms with Gasteiger partial charge in [-0.25, -0.2) is 4.98 Å². The van der Waals surface area contributed by atoms with Crippen LogP contribution in [-0.4, -0.2) is 9.55 Å². The highest BCUT2D eigenvalue weighted by atomic mass is 79.9. The first kappa shape index (κ1) is 10.2. The molecular weight excluding hydrogens is 284 g/mol. The van der Waals surface area contributed by atoms with Crippen molar-refractivity contribution < 1.29 is 0 Å². The number of aromatic nitrogens is 2. The molecule has 0 bridgehead atoms. The number of rotatable bonds is 2. The number of halogens is 2. The molecule has 2 nitrogen and oxygen atoms in total. The quantitative estimate of drug-likeness (QED) is 0.816. The Morgan fingerprint density at radius 1 is 1.57 bits per heavy atom. The van der Waals surface area contributed by atoms with Gasteiger partial charge >= 0.3 is 0 Å². The van der Waals surface area contributed by atoms with Crippen LogP contribution in [0.5, 0.6) is 0 Å². The molecule has 2 aromatic rings. The van der Waals surface area contributed by atoms with Crippen molar-refractivity contribution in [3.05, 3.63) is 27.3 Å². The first-order valence-corrected chi connectivity index (χ1v) is 6.18. The van der Waals surface area contributed by atoms with Gasteiger partial charge in [-0.15, -0.1) is 11.3 Å². The molecule has 0 aromatic carbocycles. The summed E-state index contributed by atoms with van der Waals surface area (Å²) in [5.74, 6) is 0.969. The zero-order valence-electron chi connectivity index (χ0n) is 7.50. The highest BCUT2D eigenvalue weighted by Gasteiger charge is 2.10. The lowest BCUT2D eigenvalue weighted by molar-refractivity contribution is 0.756. The number of hydrogen-bond acceptors (Lipinski definition) is 2. The molecule has 2 rings (SSSR count). The summed E-state index contributed by atoms with van der Waals surface area (Å²) in [7, 11) is 0. The molecule has 2 aromatic heterocycles.